The zero-order valence-corrected chi connectivity index (χ0v) is 10.8. The molecule has 0 atom stereocenters. The Bertz CT molecular complexity index is 671. The molecule has 0 bridgehead atoms. The van der Waals surface area contributed by atoms with Crippen LogP contribution in [0.25, 0.3) is 0 Å². The fourth-order valence-electron chi connectivity index (χ4n) is 2.09. The molecule has 0 unspecified atom stereocenters. The van der Waals surface area contributed by atoms with Gasteiger partial charge >= 0.3 is 18.5 Å². The first-order chi connectivity index (χ1) is 10.2. The highest BCUT2D eigenvalue weighted by atomic mass is 19.4. The molecule has 0 aliphatic rings. The minimum absolute atomic E-state index is 0.257. The van der Waals surface area contributed by atoms with Crippen molar-refractivity contribution < 1.29 is 39.5 Å². The number of hydrogen-bond donors (Lipinski definition) is 0. The molecule has 0 heterocycles. The Hall–Kier alpha value is -2.43. The average Bonchev–Trinajstić information content (AvgIpc) is 2.31. The molecule has 0 saturated carbocycles. The van der Waals surface area contributed by atoms with E-state index in [1.165, 1.54) is 0 Å². The number of benzene rings is 1. The molecule has 0 aliphatic heterocycles. The Morgan fingerprint density at radius 2 is 0.870 bits per heavy atom. The molecule has 0 spiro atoms. The molecule has 0 N–H and O–H groups in total. The molecule has 124 valence electrons. The van der Waals surface area contributed by atoms with Crippen molar-refractivity contribution in [3.63, 3.8) is 0 Å². The van der Waals surface area contributed by atoms with E-state index in [2.05, 4.69) is 0 Å². The van der Waals surface area contributed by atoms with Crippen LogP contribution in [0.5, 0.6) is 0 Å². The maximum Gasteiger partial charge on any atom is 0.418 e. The lowest BCUT2D eigenvalue weighted by Crippen LogP contribution is -2.24. The van der Waals surface area contributed by atoms with E-state index in [4.69, 9.17) is 10.5 Å². The summed E-state index contributed by atoms with van der Waals surface area (Å²) < 4.78 is 116. The Kier molecular flexibility index (Phi) is 4.32. The van der Waals surface area contributed by atoms with Gasteiger partial charge in [0.2, 0.25) is 0 Å². The standard InChI is InChI=1S/C12H3F9N2/c1-4-7(10(13,14)15)5(2-22)9(12(19,20)21)6(3-23)8(4)11(16,17)18/h1H3. The Labute approximate surface area is 122 Å². The van der Waals surface area contributed by atoms with Crippen molar-refractivity contribution in [2.45, 2.75) is 25.5 Å². The summed E-state index contributed by atoms with van der Waals surface area (Å²) in [6.45, 7) is 0.257. The first kappa shape index (κ1) is 18.6. The topological polar surface area (TPSA) is 47.6 Å². The molecule has 0 amide bonds. The molecule has 0 aromatic heterocycles. The van der Waals surface area contributed by atoms with E-state index in [1.54, 1.807) is 0 Å². The van der Waals surface area contributed by atoms with Crippen molar-refractivity contribution >= 4 is 0 Å². The summed E-state index contributed by atoms with van der Waals surface area (Å²) in [6, 6.07) is 1.23. The number of hydrogen-bond acceptors (Lipinski definition) is 2. The van der Waals surface area contributed by atoms with Crippen molar-refractivity contribution in [2.24, 2.45) is 0 Å². The first-order valence-corrected chi connectivity index (χ1v) is 5.40. The average molecular weight is 346 g/mol. The van der Waals surface area contributed by atoms with Crippen LogP contribution < -0.4 is 0 Å². The minimum atomic E-state index is -5.76. The first-order valence-electron chi connectivity index (χ1n) is 5.40. The number of alkyl halides is 9. The van der Waals surface area contributed by atoms with Crippen LogP contribution >= 0.6 is 0 Å². The van der Waals surface area contributed by atoms with E-state index in [0.717, 1.165) is 0 Å². The predicted molar refractivity (Wildman–Crippen MR) is 55.6 cm³/mol. The van der Waals surface area contributed by atoms with Gasteiger partial charge in [-0.05, 0) is 12.5 Å². The summed E-state index contributed by atoms with van der Waals surface area (Å²) in [5, 5.41) is 17.2. The van der Waals surface area contributed by atoms with Crippen molar-refractivity contribution in [2.75, 3.05) is 0 Å². The van der Waals surface area contributed by atoms with Crippen molar-refractivity contribution in [3.05, 3.63) is 33.4 Å². The van der Waals surface area contributed by atoms with Gasteiger partial charge in [-0.25, -0.2) is 0 Å². The molecule has 0 aliphatic carbocycles. The summed E-state index contributed by atoms with van der Waals surface area (Å²) in [5.41, 5.74) is -13.1. The van der Waals surface area contributed by atoms with Gasteiger partial charge in [0.15, 0.2) is 0 Å². The maximum atomic E-state index is 12.9. The van der Waals surface area contributed by atoms with Gasteiger partial charge in [-0.15, -0.1) is 0 Å². The number of rotatable bonds is 0. The SMILES string of the molecule is Cc1c(C(F)(F)F)c(C#N)c(C(F)(F)F)c(C#N)c1C(F)(F)F. The molecule has 1 aromatic rings. The van der Waals surface area contributed by atoms with Crippen LogP contribution in [-0.2, 0) is 18.5 Å². The van der Waals surface area contributed by atoms with Crippen LogP contribution in [0.1, 0.15) is 33.4 Å². The highest BCUT2D eigenvalue weighted by Crippen LogP contribution is 2.48. The molecule has 23 heavy (non-hydrogen) atoms. The van der Waals surface area contributed by atoms with Crippen LogP contribution in [0.3, 0.4) is 0 Å². The van der Waals surface area contributed by atoms with Crippen LogP contribution in [0.2, 0.25) is 0 Å². The summed E-state index contributed by atoms with van der Waals surface area (Å²) in [7, 11) is 0. The molecule has 2 nitrogen and oxygen atoms in total. The third-order valence-electron chi connectivity index (χ3n) is 2.82. The summed E-state index contributed by atoms with van der Waals surface area (Å²) in [6.07, 6.45) is -17.1. The van der Waals surface area contributed by atoms with E-state index in [9.17, 15) is 39.5 Å². The van der Waals surface area contributed by atoms with Crippen LogP contribution in [0, 0.1) is 29.6 Å². The van der Waals surface area contributed by atoms with Crippen molar-refractivity contribution in [1.29, 1.82) is 10.5 Å². The van der Waals surface area contributed by atoms with Crippen LogP contribution in [0.15, 0.2) is 0 Å². The number of nitriles is 2. The van der Waals surface area contributed by atoms with E-state index in [0.29, 0.717) is 12.1 Å². The molecule has 0 saturated heterocycles. The van der Waals surface area contributed by atoms with Gasteiger partial charge in [-0.2, -0.15) is 50.0 Å². The van der Waals surface area contributed by atoms with Gasteiger partial charge in [0.05, 0.1) is 27.8 Å². The van der Waals surface area contributed by atoms with Gasteiger partial charge in [-0.3, -0.25) is 0 Å². The largest absolute Gasteiger partial charge is 0.418 e. The second-order valence-electron chi connectivity index (χ2n) is 4.22. The Morgan fingerprint density at radius 1 is 0.609 bits per heavy atom. The van der Waals surface area contributed by atoms with E-state index < -0.39 is 51.9 Å². The predicted octanol–water partition coefficient (Wildman–Crippen LogP) is 4.79. The molecule has 1 aromatic carbocycles. The fourth-order valence-corrected chi connectivity index (χ4v) is 2.09. The fraction of sp³-hybridized carbons (Fsp3) is 0.333. The van der Waals surface area contributed by atoms with Gasteiger partial charge in [-0.1, -0.05) is 0 Å². The summed E-state index contributed by atoms with van der Waals surface area (Å²) in [5.74, 6) is 0. The smallest absolute Gasteiger partial charge is 0.192 e. The Morgan fingerprint density at radius 3 is 1.04 bits per heavy atom. The molecule has 0 radical (unpaired) electrons. The normalized spacial score (nSPS) is 12.7. The zero-order valence-electron chi connectivity index (χ0n) is 10.8. The lowest BCUT2D eigenvalue weighted by molar-refractivity contribution is -0.149. The third-order valence-corrected chi connectivity index (χ3v) is 2.82. The number of nitrogens with zero attached hydrogens (tertiary/aromatic N) is 2. The summed E-state index contributed by atoms with van der Waals surface area (Å²) >= 11 is 0. The molecular weight excluding hydrogens is 343 g/mol. The van der Waals surface area contributed by atoms with Crippen LogP contribution in [-0.4, -0.2) is 0 Å². The Balaban J connectivity index is 4.31. The minimum Gasteiger partial charge on any atom is -0.192 e. The van der Waals surface area contributed by atoms with E-state index in [-0.39, 0.29) is 6.92 Å². The quantitative estimate of drug-likeness (QED) is 0.634. The monoisotopic (exact) mass is 346 g/mol. The molecule has 1 rings (SSSR count). The highest BCUT2D eigenvalue weighted by Gasteiger charge is 2.50. The van der Waals surface area contributed by atoms with Crippen LogP contribution in [0.4, 0.5) is 39.5 Å². The van der Waals surface area contributed by atoms with Crippen molar-refractivity contribution in [3.8, 4) is 12.1 Å². The number of halogens is 9. The second kappa shape index (κ2) is 5.33. The highest BCUT2D eigenvalue weighted by molar-refractivity contribution is 5.63. The van der Waals surface area contributed by atoms with Gasteiger partial charge < -0.3 is 0 Å². The molecule has 11 heteroatoms. The van der Waals surface area contributed by atoms with Gasteiger partial charge in [0.1, 0.15) is 12.1 Å². The molecular formula is C12H3F9N2. The van der Waals surface area contributed by atoms with Crippen molar-refractivity contribution in [1.82, 2.24) is 0 Å². The van der Waals surface area contributed by atoms with E-state index >= 15 is 0 Å². The molecule has 0 fully saturated rings. The maximum absolute atomic E-state index is 12.9. The van der Waals surface area contributed by atoms with Gasteiger partial charge in [0.25, 0.3) is 0 Å². The lowest BCUT2D eigenvalue weighted by Gasteiger charge is -2.23. The van der Waals surface area contributed by atoms with E-state index in [1.807, 2.05) is 0 Å². The second-order valence-corrected chi connectivity index (χ2v) is 4.22. The summed E-state index contributed by atoms with van der Waals surface area (Å²) in [4.78, 5) is 0. The zero-order chi connectivity index (χ0) is 18.4. The lowest BCUT2D eigenvalue weighted by atomic mass is 9.87. The third kappa shape index (κ3) is 3.18. The van der Waals surface area contributed by atoms with Gasteiger partial charge in [0, 0.05) is 0 Å².